The third-order valence-electron chi connectivity index (χ3n) is 6.77. The Kier molecular flexibility index (Phi) is 7.33. The van der Waals surface area contributed by atoms with Crippen molar-refractivity contribution in [1.29, 1.82) is 0 Å². The van der Waals surface area contributed by atoms with Gasteiger partial charge in [-0.05, 0) is 56.9 Å². The second kappa shape index (κ2) is 9.90. The minimum Gasteiger partial charge on any atom is -0.466 e. The largest absolute Gasteiger partial charge is 0.466 e. The SMILES string of the molecule is CCOC(=O)[C@H]1[C@@H]2OC3(CC2Br)C(C(=O)Nc2ccc(Cl)cc2)N(CCCCCO)C(=O)[C@H]13. The number of nitrogens with one attached hydrogen (secondary N) is 1. The molecule has 4 rings (SSSR count). The first-order valence-corrected chi connectivity index (χ1v) is 12.6. The lowest BCUT2D eigenvalue weighted by molar-refractivity contribution is -0.154. The molecule has 3 unspecified atom stereocenters. The third-order valence-corrected chi connectivity index (χ3v) is 7.86. The van der Waals surface area contributed by atoms with Crippen LogP contribution in [0, 0.1) is 11.8 Å². The Balaban J connectivity index is 1.66. The van der Waals surface area contributed by atoms with Crippen molar-refractivity contribution in [3.05, 3.63) is 29.3 Å². The van der Waals surface area contributed by atoms with E-state index in [-0.39, 0.29) is 29.9 Å². The van der Waals surface area contributed by atoms with Crippen LogP contribution in [0.15, 0.2) is 24.3 Å². The number of benzene rings is 1. The molecule has 0 aliphatic carbocycles. The summed E-state index contributed by atoms with van der Waals surface area (Å²) in [5, 5.41) is 12.5. The summed E-state index contributed by atoms with van der Waals surface area (Å²) >= 11 is 9.57. The number of carbonyl (C=O) groups is 3. The molecular formula is C23H28BrClN2O6. The number of aliphatic hydroxyl groups excluding tert-OH is 1. The standard InChI is InChI=1S/C23H28BrClN2O6/c1-2-32-22(31)16-17-21(30)27(10-4-3-5-11-28)19(23(17)12-15(24)18(16)33-23)20(29)26-14-8-6-13(25)7-9-14/h6-9,15-19,28H,2-5,10-12H2,1H3,(H,26,29)/t15?,16-,17+,18-,19?,23?/m1/s1. The number of rotatable bonds is 9. The van der Waals surface area contributed by atoms with Crippen molar-refractivity contribution in [3.8, 4) is 0 Å². The van der Waals surface area contributed by atoms with Gasteiger partial charge in [-0.15, -0.1) is 0 Å². The van der Waals surface area contributed by atoms with Gasteiger partial charge in [0.25, 0.3) is 0 Å². The molecule has 8 nitrogen and oxygen atoms in total. The van der Waals surface area contributed by atoms with Gasteiger partial charge in [0, 0.05) is 28.7 Å². The Morgan fingerprint density at radius 3 is 2.70 bits per heavy atom. The molecule has 1 aromatic carbocycles. The molecule has 3 heterocycles. The normalized spacial score (nSPS) is 32.2. The molecule has 1 aromatic rings. The molecule has 3 aliphatic heterocycles. The van der Waals surface area contributed by atoms with Gasteiger partial charge < -0.3 is 24.8 Å². The highest BCUT2D eigenvalue weighted by Crippen LogP contribution is 2.60. The Hall–Kier alpha value is -1.68. The van der Waals surface area contributed by atoms with Crippen LogP contribution in [0.3, 0.4) is 0 Å². The van der Waals surface area contributed by atoms with Gasteiger partial charge in [0.15, 0.2) is 0 Å². The number of hydrogen-bond acceptors (Lipinski definition) is 6. The fraction of sp³-hybridized carbons (Fsp3) is 0.609. The number of halogens is 2. The number of carbonyl (C=O) groups excluding carboxylic acids is 3. The maximum absolute atomic E-state index is 13.6. The molecular weight excluding hydrogens is 516 g/mol. The number of aliphatic hydroxyl groups is 1. The number of amides is 2. The highest BCUT2D eigenvalue weighted by molar-refractivity contribution is 9.09. The summed E-state index contributed by atoms with van der Waals surface area (Å²) in [5.41, 5.74) is -0.553. The predicted octanol–water partition coefficient (Wildman–Crippen LogP) is 2.75. The van der Waals surface area contributed by atoms with Crippen molar-refractivity contribution < 1.29 is 29.0 Å². The van der Waals surface area contributed by atoms with Gasteiger partial charge >= 0.3 is 5.97 Å². The molecule has 3 fully saturated rings. The van der Waals surface area contributed by atoms with Crippen LogP contribution in [-0.4, -0.2) is 70.1 Å². The molecule has 3 aliphatic rings. The van der Waals surface area contributed by atoms with Crippen molar-refractivity contribution >= 4 is 51.0 Å². The molecule has 2 amide bonds. The van der Waals surface area contributed by atoms with Crippen LogP contribution in [-0.2, 0) is 23.9 Å². The van der Waals surface area contributed by atoms with Crippen LogP contribution in [0.4, 0.5) is 5.69 Å². The van der Waals surface area contributed by atoms with Gasteiger partial charge in [-0.2, -0.15) is 0 Å². The van der Waals surface area contributed by atoms with Gasteiger partial charge in [-0.3, -0.25) is 14.4 Å². The van der Waals surface area contributed by atoms with E-state index in [2.05, 4.69) is 21.2 Å². The average molecular weight is 544 g/mol. The second-order valence-corrected chi connectivity index (χ2v) is 10.3. The topological polar surface area (TPSA) is 105 Å². The molecule has 0 radical (unpaired) electrons. The Morgan fingerprint density at radius 2 is 2.03 bits per heavy atom. The number of nitrogens with zero attached hydrogens (tertiary/aromatic N) is 1. The average Bonchev–Trinajstić information content (AvgIpc) is 3.36. The first-order valence-electron chi connectivity index (χ1n) is 11.3. The Morgan fingerprint density at radius 1 is 1.30 bits per heavy atom. The lowest BCUT2D eigenvalue weighted by atomic mass is 9.70. The summed E-state index contributed by atoms with van der Waals surface area (Å²) in [4.78, 5) is 41.5. The van der Waals surface area contributed by atoms with E-state index in [1.165, 1.54) is 0 Å². The number of unbranched alkanes of at least 4 members (excludes halogenated alkanes) is 2. The summed E-state index contributed by atoms with van der Waals surface area (Å²) in [5.74, 6) is -2.61. The van der Waals surface area contributed by atoms with Crippen LogP contribution in [0.5, 0.6) is 0 Å². The molecule has 0 aromatic heterocycles. The monoisotopic (exact) mass is 542 g/mol. The van der Waals surface area contributed by atoms with Crippen molar-refractivity contribution in [2.24, 2.45) is 11.8 Å². The summed E-state index contributed by atoms with van der Waals surface area (Å²) in [6.07, 6.45) is 1.88. The van der Waals surface area contributed by atoms with E-state index < -0.39 is 35.6 Å². The molecule has 2 bridgehead atoms. The molecule has 180 valence electrons. The number of hydrogen-bond donors (Lipinski definition) is 2. The highest BCUT2D eigenvalue weighted by Gasteiger charge is 2.76. The summed E-state index contributed by atoms with van der Waals surface area (Å²) < 4.78 is 11.6. The quantitative estimate of drug-likeness (QED) is 0.282. The summed E-state index contributed by atoms with van der Waals surface area (Å²) in [6, 6.07) is 5.85. The zero-order valence-electron chi connectivity index (χ0n) is 18.3. The van der Waals surface area contributed by atoms with Gasteiger partial charge in [-0.25, -0.2) is 0 Å². The fourth-order valence-electron chi connectivity index (χ4n) is 5.49. The lowest BCUT2D eigenvalue weighted by Gasteiger charge is -2.34. The number of ether oxygens (including phenoxy) is 2. The second-order valence-electron chi connectivity index (χ2n) is 8.73. The van der Waals surface area contributed by atoms with E-state index in [1.807, 2.05) is 0 Å². The molecule has 2 N–H and O–H groups in total. The number of fused-ring (bicyclic) bond motifs is 1. The maximum Gasteiger partial charge on any atom is 0.312 e. The number of anilines is 1. The summed E-state index contributed by atoms with van der Waals surface area (Å²) in [6.45, 7) is 2.34. The Bertz CT molecular complexity index is 915. The first-order chi connectivity index (χ1) is 15.8. The predicted molar refractivity (Wildman–Crippen MR) is 125 cm³/mol. The molecule has 0 saturated carbocycles. The van der Waals surface area contributed by atoms with Crippen molar-refractivity contribution in [3.63, 3.8) is 0 Å². The van der Waals surface area contributed by atoms with E-state index in [9.17, 15) is 14.4 Å². The van der Waals surface area contributed by atoms with Crippen molar-refractivity contribution in [1.82, 2.24) is 4.90 Å². The van der Waals surface area contributed by atoms with E-state index >= 15 is 0 Å². The highest BCUT2D eigenvalue weighted by atomic mass is 79.9. The summed E-state index contributed by atoms with van der Waals surface area (Å²) in [7, 11) is 0. The zero-order valence-corrected chi connectivity index (χ0v) is 20.7. The Labute approximate surface area is 206 Å². The molecule has 10 heteroatoms. The van der Waals surface area contributed by atoms with Gasteiger partial charge in [0.2, 0.25) is 11.8 Å². The molecule has 6 atom stereocenters. The molecule has 1 spiro atoms. The lowest BCUT2D eigenvalue weighted by Crippen LogP contribution is -2.54. The minimum atomic E-state index is -1.11. The number of likely N-dealkylation sites (tertiary alicyclic amines) is 1. The van der Waals surface area contributed by atoms with Crippen LogP contribution in [0.1, 0.15) is 32.6 Å². The van der Waals surface area contributed by atoms with Crippen LogP contribution in [0.2, 0.25) is 5.02 Å². The van der Waals surface area contributed by atoms with Crippen molar-refractivity contribution in [2.75, 3.05) is 25.1 Å². The first kappa shape index (κ1) is 24.4. The van der Waals surface area contributed by atoms with Crippen LogP contribution in [0.25, 0.3) is 0 Å². The van der Waals surface area contributed by atoms with Crippen LogP contribution >= 0.6 is 27.5 Å². The maximum atomic E-state index is 13.6. The van der Waals surface area contributed by atoms with Gasteiger partial charge in [0.05, 0.1) is 24.5 Å². The van der Waals surface area contributed by atoms with Gasteiger partial charge in [-0.1, -0.05) is 27.5 Å². The number of alkyl halides is 1. The third kappa shape index (κ3) is 4.29. The van der Waals surface area contributed by atoms with E-state index in [0.29, 0.717) is 36.5 Å². The van der Waals surface area contributed by atoms with Crippen molar-refractivity contribution in [2.45, 2.75) is 55.2 Å². The fourth-order valence-corrected chi connectivity index (χ4v) is 6.56. The smallest absolute Gasteiger partial charge is 0.312 e. The van der Waals surface area contributed by atoms with Crippen LogP contribution < -0.4 is 5.32 Å². The van der Waals surface area contributed by atoms with E-state index in [1.54, 1.807) is 36.1 Å². The van der Waals surface area contributed by atoms with E-state index in [0.717, 1.165) is 6.42 Å². The molecule has 3 saturated heterocycles. The molecule has 33 heavy (non-hydrogen) atoms. The minimum absolute atomic E-state index is 0.0714. The number of esters is 1. The van der Waals surface area contributed by atoms with Gasteiger partial charge in [0.1, 0.15) is 11.6 Å². The van der Waals surface area contributed by atoms with E-state index in [4.69, 9.17) is 26.2 Å². The zero-order chi connectivity index (χ0) is 23.8.